The number of hydrogen-bond donors (Lipinski definition) is 1. The summed E-state index contributed by atoms with van der Waals surface area (Å²) in [5, 5.41) is 0. The second-order valence-corrected chi connectivity index (χ2v) is 4.84. The summed E-state index contributed by atoms with van der Waals surface area (Å²) in [6.45, 7) is 3.92. The molecule has 1 amide bonds. The van der Waals surface area contributed by atoms with Crippen molar-refractivity contribution in [2.45, 2.75) is 39.0 Å². The molecule has 3 heteroatoms. The predicted molar refractivity (Wildman–Crippen MR) is 71.8 cm³/mol. The van der Waals surface area contributed by atoms with E-state index in [4.69, 9.17) is 0 Å². The van der Waals surface area contributed by atoms with Crippen molar-refractivity contribution in [3.8, 4) is 0 Å². The number of hydrogen-bond acceptors (Lipinski definition) is 2. The number of carbonyl (C=O) groups excluding carboxylic acids is 1. The summed E-state index contributed by atoms with van der Waals surface area (Å²) in [5.41, 5.74) is 0. The minimum Gasteiger partial charge on any atom is -0.339 e. The first-order valence-corrected chi connectivity index (χ1v) is 6.94. The summed E-state index contributed by atoms with van der Waals surface area (Å²) in [6.07, 6.45) is 9.55. The van der Waals surface area contributed by atoms with Gasteiger partial charge in [0.2, 0.25) is 5.91 Å². The molecule has 1 fully saturated rings. The minimum absolute atomic E-state index is 0.322. The first kappa shape index (κ1) is 13.6. The highest BCUT2D eigenvalue weighted by Crippen LogP contribution is 2.22. The Kier molecular flexibility index (Phi) is 6.62. The number of rotatable bonds is 5. The monoisotopic (exact) mass is 241 g/mol. The molecule has 0 aromatic heterocycles. The summed E-state index contributed by atoms with van der Waals surface area (Å²) in [4.78, 5) is 13.8. The molecule has 0 spiro atoms. The third-order valence-corrected chi connectivity index (χ3v) is 3.43. The fraction of sp³-hybridized carbons (Fsp3) is 0.769. The van der Waals surface area contributed by atoms with E-state index in [1.165, 1.54) is 19.3 Å². The third kappa shape index (κ3) is 4.60. The Labute approximate surface area is 104 Å². The van der Waals surface area contributed by atoms with E-state index in [1.54, 1.807) is 0 Å². The number of amides is 1. The summed E-state index contributed by atoms with van der Waals surface area (Å²) in [5.74, 6) is 1.83. The Morgan fingerprint density at radius 1 is 1.44 bits per heavy atom. The van der Waals surface area contributed by atoms with Gasteiger partial charge in [-0.05, 0) is 18.8 Å². The van der Waals surface area contributed by atoms with Crippen LogP contribution in [0.15, 0.2) is 12.2 Å². The van der Waals surface area contributed by atoms with E-state index in [-0.39, 0.29) is 0 Å². The molecule has 1 atom stereocenters. The molecule has 1 rings (SSSR count). The van der Waals surface area contributed by atoms with Gasteiger partial charge in [-0.3, -0.25) is 4.79 Å². The topological polar surface area (TPSA) is 20.3 Å². The minimum atomic E-state index is 0.322. The van der Waals surface area contributed by atoms with Gasteiger partial charge in [0, 0.05) is 25.3 Å². The van der Waals surface area contributed by atoms with Crippen LogP contribution in [0.2, 0.25) is 0 Å². The van der Waals surface area contributed by atoms with Crippen LogP contribution < -0.4 is 0 Å². The zero-order valence-electron chi connectivity index (χ0n) is 10.2. The van der Waals surface area contributed by atoms with Crippen LogP contribution in [-0.4, -0.2) is 29.6 Å². The van der Waals surface area contributed by atoms with Gasteiger partial charge in [-0.2, -0.15) is 12.6 Å². The van der Waals surface area contributed by atoms with Crippen LogP contribution in [-0.2, 0) is 4.79 Å². The normalized spacial score (nSPS) is 22.8. The quantitative estimate of drug-likeness (QED) is 0.579. The van der Waals surface area contributed by atoms with Gasteiger partial charge in [-0.1, -0.05) is 31.9 Å². The highest BCUT2D eigenvalue weighted by Gasteiger charge is 2.20. The van der Waals surface area contributed by atoms with E-state index in [9.17, 15) is 4.79 Å². The molecule has 1 aliphatic rings. The van der Waals surface area contributed by atoms with Gasteiger partial charge in [0.05, 0.1) is 0 Å². The van der Waals surface area contributed by atoms with Gasteiger partial charge < -0.3 is 4.90 Å². The van der Waals surface area contributed by atoms with Crippen LogP contribution in [0.3, 0.4) is 0 Å². The van der Waals surface area contributed by atoms with Crippen LogP contribution in [0.4, 0.5) is 0 Å². The summed E-state index contributed by atoms with van der Waals surface area (Å²) >= 11 is 4.11. The molecule has 16 heavy (non-hydrogen) atoms. The maximum Gasteiger partial charge on any atom is 0.222 e. The lowest BCUT2D eigenvalue weighted by molar-refractivity contribution is -0.130. The fourth-order valence-electron chi connectivity index (χ4n) is 2.26. The van der Waals surface area contributed by atoms with E-state index < -0.39 is 0 Å². The number of thiol groups is 1. The SMILES string of the molecule is CCCC1CCC(=O)N(CC=CCS)CC1. The van der Waals surface area contributed by atoms with Crippen LogP contribution in [0.25, 0.3) is 0 Å². The molecule has 0 aromatic carbocycles. The summed E-state index contributed by atoms with van der Waals surface area (Å²) < 4.78 is 0. The molecule has 92 valence electrons. The van der Waals surface area contributed by atoms with Crippen molar-refractivity contribution in [2.24, 2.45) is 5.92 Å². The van der Waals surface area contributed by atoms with Gasteiger partial charge in [-0.25, -0.2) is 0 Å². The lowest BCUT2D eigenvalue weighted by Gasteiger charge is -2.18. The number of carbonyl (C=O) groups is 1. The van der Waals surface area contributed by atoms with Gasteiger partial charge in [0.15, 0.2) is 0 Å². The van der Waals surface area contributed by atoms with Crippen LogP contribution >= 0.6 is 12.6 Å². The average molecular weight is 241 g/mol. The van der Waals surface area contributed by atoms with Crippen LogP contribution in [0.5, 0.6) is 0 Å². The maximum absolute atomic E-state index is 11.8. The van der Waals surface area contributed by atoms with E-state index >= 15 is 0 Å². The standard InChI is InChI=1S/C13H23NOS/c1-2-5-12-6-7-13(15)14(10-8-12)9-3-4-11-16/h3-4,12,16H,2,5-11H2,1H3. The highest BCUT2D eigenvalue weighted by atomic mass is 32.1. The molecule has 0 aliphatic carbocycles. The van der Waals surface area contributed by atoms with Crippen molar-refractivity contribution >= 4 is 18.5 Å². The van der Waals surface area contributed by atoms with Gasteiger partial charge in [0.25, 0.3) is 0 Å². The fourth-order valence-corrected chi connectivity index (χ4v) is 2.41. The second-order valence-electron chi connectivity index (χ2n) is 4.48. The summed E-state index contributed by atoms with van der Waals surface area (Å²) in [6, 6.07) is 0. The zero-order chi connectivity index (χ0) is 11.8. The van der Waals surface area contributed by atoms with Crippen LogP contribution in [0.1, 0.15) is 39.0 Å². The molecule has 0 bridgehead atoms. The van der Waals surface area contributed by atoms with Crippen molar-refractivity contribution in [2.75, 3.05) is 18.8 Å². The molecule has 0 aromatic rings. The maximum atomic E-state index is 11.8. The summed E-state index contributed by atoms with van der Waals surface area (Å²) in [7, 11) is 0. The lowest BCUT2D eigenvalue weighted by Crippen LogP contribution is -2.30. The van der Waals surface area contributed by atoms with Gasteiger partial charge >= 0.3 is 0 Å². The molecular formula is C13H23NOS. The Bertz CT molecular complexity index is 240. The van der Waals surface area contributed by atoms with E-state index in [2.05, 4.69) is 19.6 Å². The Balaban J connectivity index is 2.41. The lowest BCUT2D eigenvalue weighted by atomic mass is 9.96. The highest BCUT2D eigenvalue weighted by molar-refractivity contribution is 7.80. The molecule has 0 radical (unpaired) electrons. The van der Waals surface area contributed by atoms with E-state index in [0.717, 1.165) is 37.6 Å². The zero-order valence-corrected chi connectivity index (χ0v) is 11.1. The molecule has 1 saturated heterocycles. The smallest absolute Gasteiger partial charge is 0.222 e. The van der Waals surface area contributed by atoms with Gasteiger partial charge in [-0.15, -0.1) is 0 Å². The Hall–Kier alpha value is -0.440. The molecule has 0 saturated carbocycles. The van der Waals surface area contributed by atoms with Crippen molar-refractivity contribution in [1.82, 2.24) is 4.90 Å². The van der Waals surface area contributed by atoms with Crippen molar-refractivity contribution in [3.05, 3.63) is 12.2 Å². The molecule has 1 aliphatic heterocycles. The first-order chi connectivity index (χ1) is 7.77. The van der Waals surface area contributed by atoms with Crippen LogP contribution in [0, 0.1) is 5.92 Å². The van der Waals surface area contributed by atoms with Crippen molar-refractivity contribution in [3.63, 3.8) is 0 Å². The number of likely N-dealkylation sites (tertiary alicyclic amines) is 1. The van der Waals surface area contributed by atoms with E-state index in [1.807, 2.05) is 17.1 Å². The van der Waals surface area contributed by atoms with Crippen molar-refractivity contribution < 1.29 is 4.79 Å². The number of nitrogens with zero attached hydrogens (tertiary/aromatic N) is 1. The molecule has 1 heterocycles. The predicted octanol–water partition coefficient (Wildman–Crippen LogP) is 2.90. The molecule has 0 N–H and O–H groups in total. The van der Waals surface area contributed by atoms with E-state index in [0.29, 0.717) is 5.91 Å². The largest absolute Gasteiger partial charge is 0.339 e. The molecular weight excluding hydrogens is 218 g/mol. The second kappa shape index (κ2) is 7.77. The first-order valence-electron chi connectivity index (χ1n) is 6.31. The third-order valence-electron chi connectivity index (χ3n) is 3.22. The Morgan fingerprint density at radius 3 is 2.94 bits per heavy atom. The molecule has 1 unspecified atom stereocenters. The van der Waals surface area contributed by atoms with Crippen molar-refractivity contribution in [1.29, 1.82) is 0 Å². The Morgan fingerprint density at radius 2 is 2.25 bits per heavy atom. The molecule has 2 nitrogen and oxygen atoms in total. The van der Waals surface area contributed by atoms with Gasteiger partial charge in [0.1, 0.15) is 0 Å². The average Bonchev–Trinajstić information content (AvgIpc) is 2.45.